The van der Waals surface area contributed by atoms with Gasteiger partial charge in [0.1, 0.15) is 0 Å². The Morgan fingerprint density at radius 1 is 1.24 bits per heavy atom. The van der Waals surface area contributed by atoms with Crippen LogP contribution in [0.25, 0.3) is 0 Å². The molecule has 17 heavy (non-hydrogen) atoms. The van der Waals surface area contributed by atoms with Crippen LogP contribution in [0.1, 0.15) is 18.4 Å². The van der Waals surface area contributed by atoms with Crippen LogP contribution in [0.5, 0.6) is 0 Å². The molecule has 1 aromatic rings. The number of nitrogens with zero attached hydrogens (tertiary/aromatic N) is 1. The predicted molar refractivity (Wildman–Crippen MR) is 69.9 cm³/mol. The van der Waals surface area contributed by atoms with E-state index in [1.807, 2.05) is 12.1 Å². The topological polar surface area (TPSA) is 24.5 Å². The first-order valence-corrected chi connectivity index (χ1v) is 6.28. The number of piperidine rings is 1. The van der Waals surface area contributed by atoms with Crippen molar-refractivity contribution in [2.75, 3.05) is 33.8 Å². The van der Waals surface area contributed by atoms with E-state index >= 15 is 0 Å². The molecule has 1 fully saturated rings. The van der Waals surface area contributed by atoms with Gasteiger partial charge in [-0.05, 0) is 31.5 Å². The highest BCUT2D eigenvalue weighted by molar-refractivity contribution is 5.26. The summed E-state index contributed by atoms with van der Waals surface area (Å²) in [5, 5.41) is 5.38. The fourth-order valence-electron chi connectivity index (χ4n) is 2.73. The Bertz CT molecular complexity index is 333. The van der Waals surface area contributed by atoms with Gasteiger partial charge >= 0.3 is 0 Å². The molecular weight excluding hydrogens is 212 g/mol. The van der Waals surface area contributed by atoms with Crippen molar-refractivity contribution in [2.45, 2.75) is 18.3 Å². The summed E-state index contributed by atoms with van der Waals surface area (Å²) in [4.78, 5) is 5.31. The van der Waals surface area contributed by atoms with E-state index in [4.69, 9.17) is 4.84 Å². The zero-order chi connectivity index (χ0) is 12.1. The van der Waals surface area contributed by atoms with Crippen LogP contribution in [-0.4, -0.2) is 38.9 Å². The number of hydrogen-bond acceptors (Lipinski definition) is 3. The van der Waals surface area contributed by atoms with Crippen LogP contribution < -0.4 is 5.32 Å². The minimum absolute atomic E-state index is 0.233. The van der Waals surface area contributed by atoms with Crippen molar-refractivity contribution in [3.8, 4) is 0 Å². The number of benzene rings is 1. The molecule has 1 heterocycles. The first-order chi connectivity index (χ1) is 8.27. The molecule has 0 aliphatic carbocycles. The summed E-state index contributed by atoms with van der Waals surface area (Å²) >= 11 is 0. The summed E-state index contributed by atoms with van der Waals surface area (Å²) < 4.78 is 0. The molecule has 1 saturated heterocycles. The summed E-state index contributed by atoms with van der Waals surface area (Å²) in [6.45, 7) is 3.13. The van der Waals surface area contributed by atoms with E-state index < -0.39 is 0 Å². The van der Waals surface area contributed by atoms with Crippen molar-refractivity contribution in [1.82, 2.24) is 10.4 Å². The van der Waals surface area contributed by atoms with Gasteiger partial charge in [-0.2, -0.15) is 5.06 Å². The van der Waals surface area contributed by atoms with Gasteiger partial charge in [0.2, 0.25) is 0 Å². The Balaban J connectivity index is 2.23. The van der Waals surface area contributed by atoms with Crippen molar-refractivity contribution >= 4 is 0 Å². The summed E-state index contributed by atoms with van der Waals surface area (Å²) in [6.07, 6.45) is 2.34. The van der Waals surface area contributed by atoms with E-state index in [0.717, 1.165) is 19.6 Å². The van der Waals surface area contributed by atoms with Gasteiger partial charge in [0.15, 0.2) is 0 Å². The second-order valence-electron chi connectivity index (χ2n) is 4.86. The maximum Gasteiger partial charge on any atom is 0.0575 e. The van der Waals surface area contributed by atoms with Gasteiger partial charge < -0.3 is 10.2 Å². The Hall–Kier alpha value is -0.900. The van der Waals surface area contributed by atoms with Crippen molar-refractivity contribution in [1.29, 1.82) is 0 Å². The standard InChI is InChI=1S/C14H22N2O/c1-16(17-2)12-14(8-10-15-11-9-14)13-6-4-3-5-7-13/h3-7,15H,8-12H2,1-2H3. The molecule has 1 aliphatic rings. The fraction of sp³-hybridized carbons (Fsp3) is 0.571. The molecule has 0 bridgehead atoms. The highest BCUT2D eigenvalue weighted by Gasteiger charge is 2.34. The minimum atomic E-state index is 0.233. The molecule has 1 aliphatic heterocycles. The smallest absolute Gasteiger partial charge is 0.0575 e. The molecular formula is C14H22N2O. The van der Waals surface area contributed by atoms with E-state index in [0.29, 0.717) is 0 Å². The maximum atomic E-state index is 5.31. The van der Waals surface area contributed by atoms with Crippen molar-refractivity contribution in [3.63, 3.8) is 0 Å². The van der Waals surface area contributed by atoms with Crippen LogP contribution in [-0.2, 0) is 10.3 Å². The Morgan fingerprint density at radius 2 is 1.88 bits per heavy atom. The lowest BCUT2D eigenvalue weighted by Gasteiger charge is -2.40. The molecule has 2 rings (SSSR count). The molecule has 1 N–H and O–H groups in total. The molecule has 0 aromatic heterocycles. The van der Waals surface area contributed by atoms with Crippen LogP contribution in [0.15, 0.2) is 30.3 Å². The van der Waals surface area contributed by atoms with Crippen molar-refractivity contribution < 1.29 is 4.84 Å². The van der Waals surface area contributed by atoms with Gasteiger partial charge in [0.05, 0.1) is 7.11 Å². The molecule has 3 nitrogen and oxygen atoms in total. The highest BCUT2D eigenvalue weighted by atomic mass is 16.7. The largest absolute Gasteiger partial charge is 0.317 e. The molecule has 0 amide bonds. The molecule has 0 spiro atoms. The van der Waals surface area contributed by atoms with E-state index in [2.05, 4.69) is 35.6 Å². The van der Waals surface area contributed by atoms with Gasteiger partial charge in [-0.15, -0.1) is 0 Å². The lowest BCUT2D eigenvalue weighted by Crippen LogP contribution is -2.46. The Morgan fingerprint density at radius 3 is 2.47 bits per heavy atom. The van der Waals surface area contributed by atoms with E-state index in [1.165, 1.54) is 18.4 Å². The van der Waals surface area contributed by atoms with Gasteiger partial charge in [0, 0.05) is 19.0 Å². The Kier molecular flexibility index (Phi) is 4.15. The minimum Gasteiger partial charge on any atom is -0.317 e. The number of likely N-dealkylation sites (N-methyl/N-ethyl adjacent to an activating group) is 1. The van der Waals surface area contributed by atoms with E-state index in [9.17, 15) is 0 Å². The average Bonchev–Trinajstić information content (AvgIpc) is 2.40. The van der Waals surface area contributed by atoms with Gasteiger partial charge in [-0.1, -0.05) is 30.3 Å². The monoisotopic (exact) mass is 234 g/mol. The molecule has 1 aromatic carbocycles. The van der Waals surface area contributed by atoms with Gasteiger partial charge in [-0.3, -0.25) is 0 Å². The number of rotatable bonds is 4. The summed E-state index contributed by atoms with van der Waals surface area (Å²) in [7, 11) is 3.74. The van der Waals surface area contributed by atoms with Crippen molar-refractivity contribution in [2.24, 2.45) is 0 Å². The first kappa shape index (κ1) is 12.6. The molecule has 3 heteroatoms. The normalized spacial score (nSPS) is 19.5. The maximum absolute atomic E-state index is 5.31. The quantitative estimate of drug-likeness (QED) is 0.804. The number of hydrogen-bond donors (Lipinski definition) is 1. The molecule has 0 radical (unpaired) electrons. The molecule has 0 saturated carbocycles. The third-order valence-electron chi connectivity index (χ3n) is 3.78. The molecule has 0 atom stereocenters. The zero-order valence-corrected chi connectivity index (χ0v) is 10.8. The zero-order valence-electron chi connectivity index (χ0n) is 10.8. The second kappa shape index (κ2) is 5.63. The summed E-state index contributed by atoms with van der Waals surface area (Å²) in [6, 6.07) is 10.8. The van der Waals surface area contributed by atoms with Crippen LogP contribution in [0.3, 0.4) is 0 Å². The fourth-order valence-corrected chi connectivity index (χ4v) is 2.73. The Labute approximate surface area is 104 Å². The first-order valence-electron chi connectivity index (χ1n) is 6.28. The summed E-state index contributed by atoms with van der Waals surface area (Å²) in [5.41, 5.74) is 1.67. The third-order valence-corrected chi connectivity index (χ3v) is 3.78. The molecule has 94 valence electrons. The van der Waals surface area contributed by atoms with E-state index in [1.54, 1.807) is 7.11 Å². The van der Waals surface area contributed by atoms with Gasteiger partial charge in [0.25, 0.3) is 0 Å². The van der Waals surface area contributed by atoms with Crippen LogP contribution in [0, 0.1) is 0 Å². The second-order valence-corrected chi connectivity index (χ2v) is 4.86. The number of nitrogens with one attached hydrogen (secondary N) is 1. The van der Waals surface area contributed by atoms with E-state index in [-0.39, 0.29) is 5.41 Å². The lowest BCUT2D eigenvalue weighted by molar-refractivity contribution is -0.124. The number of hydroxylamine groups is 2. The summed E-state index contributed by atoms with van der Waals surface area (Å²) in [5.74, 6) is 0. The van der Waals surface area contributed by atoms with Crippen LogP contribution in [0.4, 0.5) is 0 Å². The van der Waals surface area contributed by atoms with Gasteiger partial charge in [-0.25, -0.2) is 0 Å². The molecule has 0 unspecified atom stereocenters. The SMILES string of the molecule is CON(C)CC1(c2ccccc2)CCNCC1. The highest BCUT2D eigenvalue weighted by Crippen LogP contribution is 2.34. The lowest BCUT2D eigenvalue weighted by atomic mass is 9.73. The van der Waals surface area contributed by atoms with Crippen molar-refractivity contribution in [3.05, 3.63) is 35.9 Å². The average molecular weight is 234 g/mol. The van der Waals surface area contributed by atoms with Crippen LogP contribution >= 0.6 is 0 Å². The predicted octanol–water partition coefficient (Wildman–Crippen LogP) is 1.80. The van der Waals surface area contributed by atoms with Crippen LogP contribution in [0.2, 0.25) is 0 Å². The third kappa shape index (κ3) is 2.86.